The zero-order valence-corrected chi connectivity index (χ0v) is 10.8. The van der Waals surface area contributed by atoms with Crippen molar-refractivity contribution in [2.45, 2.75) is 25.7 Å². The van der Waals surface area contributed by atoms with E-state index in [0.717, 1.165) is 45.3 Å². The van der Waals surface area contributed by atoms with Crippen molar-refractivity contribution in [3.05, 3.63) is 35.9 Å². The van der Waals surface area contributed by atoms with Gasteiger partial charge < -0.3 is 10.6 Å². The second-order valence-corrected chi connectivity index (χ2v) is 4.90. The van der Waals surface area contributed by atoms with Crippen molar-refractivity contribution < 1.29 is 4.79 Å². The third kappa shape index (κ3) is 4.88. The summed E-state index contributed by atoms with van der Waals surface area (Å²) in [5, 5.41) is 6.31. The fourth-order valence-electron chi connectivity index (χ4n) is 1.95. The summed E-state index contributed by atoms with van der Waals surface area (Å²) in [5.41, 5.74) is 1.39. The second kappa shape index (κ2) is 7.17. The van der Waals surface area contributed by atoms with Crippen LogP contribution in [-0.4, -0.2) is 25.5 Å². The number of carbonyl (C=O) groups excluding carboxylic acids is 1. The lowest BCUT2D eigenvalue weighted by Crippen LogP contribution is -2.33. The molecule has 0 radical (unpaired) electrons. The Morgan fingerprint density at radius 3 is 2.61 bits per heavy atom. The molecule has 1 aliphatic carbocycles. The van der Waals surface area contributed by atoms with Crippen LogP contribution in [0.3, 0.4) is 0 Å². The van der Waals surface area contributed by atoms with E-state index in [1.807, 2.05) is 6.07 Å². The molecule has 1 amide bonds. The van der Waals surface area contributed by atoms with Crippen LogP contribution in [0.5, 0.6) is 0 Å². The molecule has 0 spiro atoms. The van der Waals surface area contributed by atoms with Gasteiger partial charge in [0.15, 0.2) is 0 Å². The molecule has 1 saturated carbocycles. The summed E-state index contributed by atoms with van der Waals surface area (Å²) in [5.74, 6) is 0.559. The molecular weight excluding hydrogens is 224 g/mol. The molecule has 2 rings (SSSR count). The number of hydrogen-bond acceptors (Lipinski definition) is 2. The van der Waals surface area contributed by atoms with Crippen LogP contribution in [0.15, 0.2) is 30.3 Å². The van der Waals surface area contributed by atoms with E-state index in [-0.39, 0.29) is 5.91 Å². The lowest BCUT2D eigenvalue weighted by molar-refractivity contribution is -0.122. The smallest absolute Gasteiger partial charge is 0.223 e. The largest absolute Gasteiger partial charge is 0.355 e. The Bertz CT molecular complexity index is 360. The minimum absolute atomic E-state index is 0.237. The van der Waals surface area contributed by atoms with Gasteiger partial charge in [0.1, 0.15) is 0 Å². The van der Waals surface area contributed by atoms with Crippen molar-refractivity contribution >= 4 is 5.91 Å². The highest BCUT2D eigenvalue weighted by Crippen LogP contribution is 2.28. The molecule has 0 saturated heterocycles. The molecule has 0 atom stereocenters. The van der Waals surface area contributed by atoms with Crippen LogP contribution in [-0.2, 0) is 11.2 Å². The fraction of sp³-hybridized carbons (Fsp3) is 0.533. The SMILES string of the molecule is O=C(NCCNCCCc1ccccc1)C1CC1. The highest BCUT2D eigenvalue weighted by molar-refractivity contribution is 5.80. The van der Waals surface area contributed by atoms with Gasteiger partial charge in [0.05, 0.1) is 0 Å². The molecule has 0 heterocycles. The summed E-state index contributed by atoms with van der Waals surface area (Å²) < 4.78 is 0. The van der Waals surface area contributed by atoms with Crippen molar-refractivity contribution in [3.63, 3.8) is 0 Å². The summed E-state index contributed by atoms with van der Waals surface area (Å²) in [6.07, 6.45) is 4.41. The molecule has 1 aromatic carbocycles. The van der Waals surface area contributed by atoms with E-state index in [0.29, 0.717) is 5.92 Å². The molecule has 0 bridgehead atoms. The summed E-state index contributed by atoms with van der Waals surface area (Å²) in [6.45, 7) is 2.63. The number of hydrogen-bond donors (Lipinski definition) is 2. The first kappa shape index (κ1) is 13.1. The van der Waals surface area contributed by atoms with Gasteiger partial charge in [-0.15, -0.1) is 0 Å². The maximum absolute atomic E-state index is 11.3. The van der Waals surface area contributed by atoms with Gasteiger partial charge in [0.2, 0.25) is 5.91 Å². The lowest BCUT2D eigenvalue weighted by atomic mass is 10.1. The Kier molecular flexibility index (Phi) is 5.21. The maximum Gasteiger partial charge on any atom is 0.223 e. The summed E-state index contributed by atoms with van der Waals surface area (Å²) in [6, 6.07) is 10.5. The number of carbonyl (C=O) groups is 1. The zero-order valence-electron chi connectivity index (χ0n) is 10.8. The molecule has 0 unspecified atom stereocenters. The quantitative estimate of drug-likeness (QED) is 0.686. The van der Waals surface area contributed by atoms with Gasteiger partial charge in [0.25, 0.3) is 0 Å². The van der Waals surface area contributed by atoms with Crippen molar-refractivity contribution in [1.82, 2.24) is 10.6 Å². The third-order valence-electron chi connectivity index (χ3n) is 3.21. The molecule has 1 aromatic rings. The van der Waals surface area contributed by atoms with Crippen LogP contribution in [0.25, 0.3) is 0 Å². The fourth-order valence-corrected chi connectivity index (χ4v) is 1.95. The number of rotatable bonds is 8. The molecule has 0 aromatic heterocycles. The monoisotopic (exact) mass is 246 g/mol. The number of aryl methyl sites for hydroxylation is 1. The molecule has 0 aliphatic heterocycles. The first-order valence-electron chi connectivity index (χ1n) is 6.88. The van der Waals surface area contributed by atoms with Crippen LogP contribution in [0.2, 0.25) is 0 Å². The van der Waals surface area contributed by atoms with E-state index < -0.39 is 0 Å². The van der Waals surface area contributed by atoms with E-state index in [9.17, 15) is 4.79 Å². The standard InChI is InChI=1S/C15H22N2O/c18-15(14-8-9-14)17-12-11-16-10-4-7-13-5-2-1-3-6-13/h1-3,5-6,14,16H,4,7-12H2,(H,17,18). The molecule has 1 aliphatic rings. The Morgan fingerprint density at radius 1 is 1.11 bits per heavy atom. The number of amides is 1. The van der Waals surface area contributed by atoms with Crippen LogP contribution < -0.4 is 10.6 Å². The first-order chi connectivity index (χ1) is 8.86. The minimum Gasteiger partial charge on any atom is -0.355 e. The first-order valence-corrected chi connectivity index (χ1v) is 6.88. The zero-order chi connectivity index (χ0) is 12.6. The lowest BCUT2D eigenvalue weighted by Gasteiger charge is -2.06. The van der Waals surface area contributed by atoms with Gasteiger partial charge in [-0.3, -0.25) is 4.79 Å². The van der Waals surface area contributed by atoms with Gasteiger partial charge in [-0.05, 0) is 37.8 Å². The number of benzene rings is 1. The predicted molar refractivity (Wildman–Crippen MR) is 73.4 cm³/mol. The normalized spacial score (nSPS) is 14.4. The Labute approximate surface area is 109 Å². The van der Waals surface area contributed by atoms with Gasteiger partial charge in [-0.1, -0.05) is 30.3 Å². The van der Waals surface area contributed by atoms with E-state index in [1.165, 1.54) is 5.56 Å². The summed E-state index contributed by atoms with van der Waals surface area (Å²) in [4.78, 5) is 11.3. The molecule has 98 valence electrons. The molecule has 3 nitrogen and oxygen atoms in total. The Balaban J connectivity index is 1.43. The van der Waals surface area contributed by atoms with E-state index in [2.05, 4.69) is 34.9 Å². The van der Waals surface area contributed by atoms with Crippen molar-refractivity contribution in [2.24, 2.45) is 5.92 Å². The van der Waals surface area contributed by atoms with E-state index in [4.69, 9.17) is 0 Å². The Morgan fingerprint density at radius 2 is 1.89 bits per heavy atom. The highest BCUT2D eigenvalue weighted by atomic mass is 16.2. The van der Waals surface area contributed by atoms with Crippen LogP contribution in [0.1, 0.15) is 24.8 Å². The minimum atomic E-state index is 0.237. The summed E-state index contributed by atoms with van der Waals surface area (Å²) in [7, 11) is 0. The van der Waals surface area contributed by atoms with Gasteiger partial charge >= 0.3 is 0 Å². The van der Waals surface area contributed by atoms with Crippen LogP contribution in [0.4, 0.5) is 0 Å². The van der Waals surface area contributed by atoms with Crippen molar-refractivity contribution in [1.29, 1.82) is 0 Å². The molecular formula is C15H22N2O. The van der Waals surface area contributed by atoms with Crippen molar-refractivity contribution in [2.75, 3.05) is 19.6 Å². The second-order valence-electron chi connectivity index (χ2n) is 4.90. The van der Waals surface area contributed by atoms with Gasteiger partial charge in [-0.25, -0.2) is 0 Å². The average Bonchev–Trinajstić information content (AvgIpc) is 3.23. The van der Waals surface area contributed by atoms with Gasteiger partial charge in [0, 0.05) is 19.0 Å². The maximum atomic E-state index is 11.3. The average molecular weight is 246 g/mol. The Hall–Kier alpha value is -1.35. The van der Waals surface area contributed by atoms with E-state index >= 15 is 0 Å². The van der Waals surface area contributed by atoms with Crippen LogP contribution in [0, 0.1) is 5.92 Å². The number of nitrogens with one attached hydrogen (secondary N) is 2. The van der Waals surface area contributed by atoms with Crippen LogP contribution >= 0.6 is 0 Å². The molecule has 1 fully saturated rings. The topological polar surface area (TPSA) is 41.1 Å². The van der Waals surface area contributed by atoms with E-state index in [1.54, 1.807) is 0 Å². The predicted octanol–water partition coefficient (Wildman–Crippen LogP) is 1.73. The highest BCUT2D eigenvalue weighted by Gasteiger charge is 2.28. The third-order valence-corrected chi connectivity index (χ3v) is 3.21. The summed E-state index contributed by atoms with van der Waals surface area (Å²) >= 11 is 0. The molecule has 18 heavy (non-hydrogen) atoms. The van der Waals surface area contributed by atoms with Gasteiger partial charge in [-0.2, -0.15) is 0 Å². The molecule has 3 heteroatoms. The van der Waals surface area contributed by atoms with Crippen molar-refractivity contribution in [3.8, 4) is 0 Å². The molecule has 2 N–H and O–H groups in total.